The van der Waals surface area contributed by atoms with Crippen LogP contribution in [0.5, 0.6) is 5.75 Å². The summed E-state index contributed by atoms with van der Waals surface area (Å²) >= 11 is 1.21. The summed E-state index contributed by atoms with van der Waals surface area (Å²) in [6, 6.07) is 27.3. The highest BCUT2D eigenvalue weighted by Gasteiger charge is 2.28. The Labute approximate surface area is 239 Å². The Morgan fingerprint density at radius 2 is 1.52 bits per heavy atom. The Morgan fingerprint density at radius 1 is 0.925 bits per heavy atom. The lowest BCUT2D eigenvalue weighted by atomic mass is 9.96. The van der Waals surface area contributed by atoms with Crippen molar-refractivity contribution < 1.29 is 17.9 Å². The number of nitrogens with one attached hydrogen (secondary N) is 1. The second-order valence-corrected chi connectivity index (χ2v) is 12.1. The predicted octanol–water partition coefficient (Wildman–Crippen LogP) is 4.82. The molecule has 1 aliphatic rings. The first-order valence-corrected chi connectivity index (χ1v) is 15.5. The molecule has 0 atom stereocenters. The predicted molar refractivity (Wildman–Crippen MR) is 157 cm³/mol. The topological polar surface area (TPSA) is 91.8 Å². The van der Waals surface area contributed by atoms with Crippen molar-refractivity contribution in [2.45, 2.75) is 23.8 Å². The van der Waals surface area contributed by atoms with Crippen molar-refractivity contribution in [1.82, 2.24) is 14.8 Å². The highest BCUT2D eigenvalue weighted by Crippen LogP contribution is 2.29. The Morgan fingerprint density at radius 3 is 2.10 bits per heavy atom. The van der Waals surface area contributed by atoms with Gasteiger partial charge in [-0.25, -0.2) is 13.4 Å². The van der Waals surface area contributed by atoms with Gasteiger partial charge in [-0.3, -0.25) is 14.4 Å². The summed E-state index contributed by atoms with van der Waals surface area (Å²) in [4.78, 5) is 21.9. The van der Waals surface area contributed by atoms with Gasteiger partial charge in [0.05, 0.1) is 23.7 Å². The minimum Gasteiger partial charge on any atom is -0.497 e. The van der Waals surface area contributed by atoms with Crippen LogP contribution in [0, 0.1) is 0 Å². The van der Waals surface area contributed by atoms with Crippen molar-refractivity contribution >= 4 is 32.4 Å². The van der Waals surface area contributed by atoms with Crippen LogP contribution in [0.25, 0.3) is 0 Å². The molecule has 5 rings (SSSR count). The molecule has 0 bridgehead atoms. The van der Waals surface area contributed by atoms with Crippen molar-refractivity contribution in [2.24, 2.45) is 0 Å². The minimum absolute atomic E-state index is 0.0870. The summed E-state index contributed by atoms with van der Waals surface area (Å²) in [6.45, 7) is 2.90. The Hall–Kier alpha value is -3.73. The molecule has 10 heteroatoms. The number of carbonyl (C=O) groups is 1. The van der Waals surface area contributed by atoms with Crippen LogP contribution in [-0.2, 0) is 21.2 Å². The van der Waals surface area contributed by atoms with E-state index in [0.29, 0.717) is 37.4 Å². The number of benzene rings is 3. The van der Waals surface area contributed by atoms with Crippen LogP contribution in [0.1, 0.15) is 29.3 Å². The Balaban J connectivity index is 1.14. The second kappa shape index (κ2) is 12.6. The van der Waals surface area contributed by atoms with Gasteiger partial charge in [-0.15, -0.1) is 11.3 Å². The quantitative estimate of drug-likeness (QED) is 0.291. The number of anilines is 1. The molecule has 2 heterocycles. The summed E-state index contributed by atoms with van der Waals surface area (Å²) in [7, 11) is -2.24. The summed E-state index contributed by atoms with van der Waals surface area (Å²) in [5.41, 5.74) is 3.18. The lowest BCUT2D eigenvalue weighted by Gasteiger charge is -2.39. The van der Waals surface area contributed by atoms with Gasteiger partial charge in [-0.1, -0.05) is 60.7 Å². The van der Waals surface area contributed by atoms with E-state index >= 15 is 0 Å². The van der Waals surface area contributed by atoms with E-state index in [2.05, 4.69) is 63.1 Å². The van der Waals surface area contributed by atoms with Crippen molar-refractivity contribution in [3.63, 3.8) is 0 Å². The van der Waals surface area contributed by atoms with E-state index in [4.69, 9.17) is 4.74 Å². The maximum atomic E-state index is 13.0. The van der Waals surface area contributed by atoms with E-state index in [1.807, 2.05) is 17.0 Å². The van der Waals surface area contributed by atoms with Gasteiger partial charge in [0.2, 0.25) is 5.91 Å². The number of piperazine rings is 1. The second-order valence-electron chi connectivity index (χ2n) is 9.57. The number of aryl methyl sites for hydroxylation is 1. The smallest absolute Gasteiger partial charge is 0.263 e. The third-order valence-corrected chi connectivity index (χ3v) is 9.29. The van der Waals surface area contributed by atoms with Crippen LogP contribution in [0.15, 0.2) is 95.2 Å². The van der Waals surface area contributed by atoms with Crippen molar-refractivity contribution in [3.05, 3.63) is 107 Å². The molecule has 40 heavy (non-hydrogen) atoms. The van der Waals surface area contributed by atoms with Crippen molar-refractivity contribution in [1.29, 1.82) is 0 Å². The van der Waals surface area contributed by atoms with E-state index < -0.39 is 10.0 Å². The van der Waals surface area contributed by atoms with Gasteiger partial charge in [0.25, 0.3) is 10.0 Å². The number of rotatable bonds is 10. The van der Waals surface area contributed by atoms with Gasteiger partial charge < -0.3 is 9.64 Å². The maximum absolute atomic E-state index is 13.0. The zero-order valence-electron chi connectivity index (χ0n) is 22.3. The first-order chi connectivity index (χ1) is 19.4. The van der Waals surface area contributed by atoms with Crippen LogP contribution < -0.4 is 9.46 Å². The molecule has 0 unspecified atom stereocenters. The number of nitrogens with zero attached hydrogens (tertiary/aromatic N) is 3. The zero-order valence-corrected chi connectivity index (χ0v) is 23.9. The number of sulfonamides is 1. The van der Waals surface area contributed by atoms with Crippen molar-refractivity contribution in [3.8, 4) is 5.75 Å². The molecule has 0 spiro atoms. The summed E-state index contributed by atoms with van der Waals surface area (Å²) in [6.07, 6.45) is 0.783. The standard InChI is InChI=1S/C30H32N4O4S2/c1-38-26-13-15-27(16-14-26)40(36,37)32-30-31-25(22-39-30)12-17-28(35)33-18-20-34(21-19-33)29(23-8-4-2-5-9-23)24-10-6-3-7-11-24/h2-11,13-16,22,29H,12,17-21H2,1H3,(H,31,32). The number of amides is 1. The number of hydrogen-bond acceptors (Lipinski definition) is 7. The fourth-order valence-corrected chi connectivity index (χ4v) is 6.90. The fraction of sp³-hybridized carbons (Fsp3) is 0.267. The minimum atomic E-state index is -3.76. The largest absolute Gasteiger partial charge is 0.497 e. The highest BCUT2D eigenvalue weighted by molar-refractivity contribution is 7.93. The lowest BCUT2D eigenvalue weighted by Crippen LogP contribution is -2.49. The van der Waals surface area contributed by atoms with E-state index in [1.54, 1.807) is 17.5 Å². The number of methoxy groups -OCH3 is 1. The molecule has 1 saturated heterocycles. The molecule has 0 radical (unpaired) electrons. The molecular formula is C30H32N4O4S2. The molecule has 1 amide bonds. The van der Waals surface area contributed by atoms with E-state index in [0.717, 1.165) is 13.1 Å². The van der Waals surface area contributed by atoms with Crippen molar-refractivity contribution in [2.75, 3.05) is 38.0 Å². The fourth-order valence-electron chi connectivity index (χ4n) is 4.90. The normalized spacial score (nSPS) is 14.3. The van der Waals surface area contributed by atoms with Crippen LogP contribution in [-0.4, -0.2) is 62.4 Å². The van der Waals surface area contributed by atoms with Gasteiger partial charge in [0.15, 0.2) is 5.13 Å². The third kappa shape index (κ3) is 6.70. The SMILES string of the molecule is COc1ccc(S(=O)(=O)Nc2nc(CCC(=O)N3CCN(C(c4ccccc4)c4ccccc4)CC3)cs2)cc1. The number of ether oxygens (including phenoxy) is 1. The van der Waals surface area contributed by atoms with Gasteiger partial charge in [-0.05, 0) is 41.8 Å². The lowest BCUT2D eigenvalue weighted by molar-refractivity contribution is -0.133. The molecule has 8 nitrogen and oxygen atoms in total. The molecule has 1 fully saturated rings. The monoisotopic (exact) mass is 576 g/mol. The van der Waals surface area contributed by atoms with Crippen LogP contribution in [0.2, 0.25) is 0 Å². The molecule has 1 aromatic heterocycles. The first-order valence-electron chi connectivity index (χ1n) is 13.2. The number of aromatic nitrogens is 1. The highest BCUT2D eigenvalue weighted by atomic mass is 32.2. The number of thiazole rings is 1. The van der Waals surface area contributed by atoms with Crippen LogP contribution in [0.4, 0.5) is 5.13 Å². The molecule has 0 saturated carbocycles. The average molecular weight is 577 g/mol. The van der Waals surface area contributed by atoms with Gasteiger partial charge in [0.1, 0.15) is 5.75 Å². The molecule has 4 aromatic rings. The third-order valence-electron chi connectivity index (χ3n) is 7.00. The first kappa shape index (κ1) is 27.8. The van der Waals surface area contributed by atoms with E-state index in [1.165, 1.54) is 41.7 Å². The van der Waals surface area contributed by atoms with Gasteiger partial charge >= 0.3 is 0 Å². The molecule has 1 aliphatic heterocycles. The zero-order chi connectivity index (χ0) is 28.0. The number of hydrogen-bond donors (Lipinski definition) is 1. The van der Waals surface area contributed by atoms with Gasteiger partial charge in [-0.2, -0.15) is 0 Å². The van der Waals surface area contributed by atoms with E-state index in [-0.39, 0.29) is 22.0 Å². The number of carbonyl (C=O) groups excluding carboxylic acids is 1. The maximum Gasteiger partial charge on any atom is 0.263 e. The molecular weight excluding hydrogens is 544 g/mol. The van der Waals surface area contributed by atoms with Gasteiger partial charge in [0, 0.05) is 38.0 Å². The average Bonchev–Trinajstić information content (AvgIpc) is 3.44. The molecule has 3 aromatic carbocycles. The Kier molecular flexibility index (Phi) is 8.78. The molecule has 208 valence electrons. The van der Waals surface area contributed by atoms with E-state index in [9.17, 15) is 13.2 Å². The summed E-state index contributed by atoms with van der Waals surface area (Å²) in [5, 5.41) is 2.07. The molecule has 1 N–H and O–H groups in total. The van der Waals surface area contributed by atoms with Crippen LogP contribution >= 0.6 is 11.3 Å². The molecule has 0 aliphatic carbocycles. The summed E-state index contributed by atoms with van der Waals surface area (Å²) < 4.78 is 33.0. The van der Waals surface area contributed by atoms with Crippen LogP contribution in [0.3, 0.4) is 0 Å². The summed E-state index contributed by atoms with van der Waals surface area (Å²) in [5.74, 6) is 0.665. The Bertz CT molecular complexity index is 1460.